The summed E-state index contributed by atoms with van der Waals surface area (Å²) < 4.78 is 37.9. The number of carbonyl (C=O) groups excluding carboxylic acids is 2. The molecule has 10 heteroatoms. The minimum absolute atomic E-state index is 0.0466. The molecule has 0 saturated carbocycles. The van der Waals surface area contributed by atoms with E-state index >= 15 is 0 Å². The van der Waals surface area contributed by atoms with E-state index in [0.29, 0.717) is 49.0 Å². The molecule has 0 atom stereocenters. The molecule has 0 aliphatic carbocycles. The van der Waals surface area contributed by atoms with E-state index in [4.69, 9.17) is 9.47 Å². The van der Waals surface area contributed by atoms with Gasteiger partial charge in [0.2, 0.25) is 15.9 Å². The summed E-state index contributed by atoms with van der Waals surface area (Å²) in [5, 5.41) is 2.74. The molecular weight excluding hydrogens is 422 g/mol. The fraction of sp³-hybridized carbons (Fsp3) is 0.333. The Balaban J connectivity index is 1.51. The van der Waals surface area contributed by atoms with Crippen LogP contribution in [0.2, 0.25) is 0 Å². The Morgan fingerprint density at radius 2 is 1.87 bits per heavy atom. The molecule has 1 fully saturated rings. The number of aryl methyl sites for hydroxylation is 1. The first-order chi connectivity index (χ1) is 14.8. The van der Waals surface area contributed by atoms with E-state index in [0.717, 1.165) is 0 Å². The molecular formula is C21H23N3O6S. The number of hydrogen-bond acceptors (Lipinski definition) is 7. The molecule has 2 aromatic carbocycles. The second kappa shape index (κ2) is 8.66. The predicted octanol–water partition coefficient (Wildman–Crippen LogP) is 1.38. The second-order valence-corrected chi connectivity index (χ2v) is 9.25. The lowest BCUT2D eigenvalue weighted by molar-refractivity contribution is -0.133. The van der Waals surface area contributed by atoms with Crippen molar-refractivity contribution in [2.75, 3.05) is 49.6 Å². The van der Waals surface area contributed by atoms with Crippen LogP contribution in [0, 0.1) is 6.92 Å². The molecule has 2 aliphatic heterocycles. The fourth-order valence-electron chi connectivity index (χ4n) is 3.60. The number of anilines is 2. The Labute approximate surface area is 180 Å². The van der Waals surface area contributed by atoms with Crippen LogP contribution in [0.3, 0.4) is 0 Å². The van der Waals surface area contributed by atoms with Crippen LogP contribution in [0.4, 0.5) is 11.4 Å². The highest BCUT2D eigenvalue weighted by Crippen LogP contribution is 2.31. The maximum atomic E-state index is 13.0. The third-order valence-corrected chi connectivity index (χ3v) is 7.18. The van der Waals surface area contributed by atoms with Gasteiger partial charge in [0.15, 0.2) is 5.75 Å². The normalized spacial score (nSPS) is 17.1. The minimum atomic E-state index is -3.70. The lowest BCUT2D eigenvalue weighted by Gasteiger charge is -2.29. The molecule has 164 valence electrons. The number of hydrogen-bond donors (Lipinski definition) is 1. The van der Waals surface area contributed by atoms with Crippen molar-refractivity contribution in [3.63, 3.8) is 0 Å². The molecule has 9 nitrogen and oxygen atoms in total. The maximum Gasteiger partial charge on any atom is 0.331 e. The Morgan fingerprint density at radius 3 is 2.65 bits per heavy atom. The van der Waals surface area contributed by atoms with Gasteiger partial charge in [-0.25, -0.2) is 13.2 Å². The van der Waals surface area contributed by atoms with E-state index in [-0.39, 0.29) is 23.9 Å². The van der Waals surface area contributed by atoms with Crippen molar-refractivity contribution in [2.45, 2.75) is 11.8 Å². The first kappa shape index (κ1) is 21.3. The van der Waals surface area contributed by atoms with E-state index in [1.54, 1.807) is 48.2 Å². The van der Waals surface area contributed by atoms with E-state index in [2.05, 4.69) is 5.32 Å². The Morgan fingerprint density at radius 1 is 1.13 bits per heavy atom. The van der Waals surface area contributed by atoms with Crippen LogP contribution in [0.15, 0.2) is 47.4 Å². The molecule has 2 aromatic rings. The van der Waals surface area contributed by atoms with Crippen LogP contribution in [-0.4, -0.2) is 64.0 Å². The zero-order valence-corrected chi connectivity index (χ0v) is 17.9. The Kier molecular flexibility index (Phi) is 5.94. The quantitative estimate of drug-likeness (QED) is 0.548. The van der Waals surface area contributed by atoms with Gasteiger partial charge in [-0.1, -0.05) is 18.2 Å². The highest BCUT2D eigenvalue weighted by Gasteiger charge is 2.29. The lowest BCUT2D eigenvalue weighted by Crippen LogP contribution is -2.41. The number of ether oxygens (including phenoxy) is 2. The molecule has 0 unspecified atom stereocenters. The highest BCUT2D eigenvalue weighted by molar-refractivity contribution is 7.89. The van der Waals surface area contributed by atoms with Crippen LogP contribution in [0.5, 0.6) is 5.75 Å². The van der Waals surface area contributed by atoms with Crippen LogP contribution in [0.1, 0.15) is 5.56 Å². The van der Waals surface area contributed by atoms with Gasteiger partial charge in [0, 0.05) is 18.8 Å². The summed E-state index contributed by atoms with van der Waals surface area (Å²) in [5.74, 6) is -0.412. The molecule has 0 aromatic heterocycles. The van der Waals surface area contributed by atoms with Crippen LogP contribution < -0.4 is 15.0 Å². The van der Waals surface area contributed by atoms with Gasteiger partial charge >= 0.3 is 5.97 Å². The number of nitrogens with one attached hydrogen (secondary N) is 1. The van der Waals surface area contributed by atoms with E-state index in [1.165, 1.54) is 10.4 Å². The number of fused-ring (bicyclic) bond motifs is 1. The molecule has 1 saturated heterocycles. The van der Waals surface area contributed by atoms with Gasteiger partial charge in [0.05, 0.1) is 30.3 Å². The molecule has 2 heterocycles. The number of sulfonamides is 1. The summed E-state index contributed by atoms with van der Waals surface area (Å²) >= 11 is 0. The third-order valence-electron chi connectivity index (χ3n) is 5.14. The Bertz CT molecular complexity index is 1110. The van der Waals surface area contributed by atoms with Gasteiger partial charge in [-0.05, 0) is 36.8 Å². The fourth-order valence-corrected chi connectivity index (χ4v) is 5.26. The largest absolute Gasteiger partial charge is 0.423 e. The number of morpholine rings is 1. The number of para-hydroxylation sites is 2. The molecule has 0 radical (unpaired) electrons. The minimum Gasteiger partial charge on any atom is -0.423 e. The Hall–Kier alpha value is -2.95. The van der Waals surface area contributed by atoms with Crippen molar-refractivity contribution >= 4 is 33.3 Å². The van der Waals surface area contributed by atoms with Gasteiger partial charge < -0.3 is 19.7 Å². The van der Waals surface area contributed by atoms with E-state index in [1.807, 2.05) is 0 Å². The first-order valence-electron chi connectivity index (χ1n) is 9.87. The molecule has 31 heavy (non-hydrogen) atoms. The van der Waals surface area contributed by atoms with Crippen LogP contribution in [-0.2, 0) is 24.3 Å². The number of nitrogens with zero attached hydrogens (tertiary/aromatic N) is 2. The number of carbonyl (C=O) groups is 2. The van der Waals surface area contributed by atoms with Crippen molar-refractivity contribution in [2.24, 2.45) is 0 Å². The predicted molar refractivity (Wildman–Crippen MR) is 114 cm³/mol. The topological polar surface area (TPSA) is 105 Å². The average molecular weight is 445 g/mol. The summed E-state index contributed by atoms with van der Waals surface area (Å²) in [7, 11) is -3.70. The van der Waals surface area contributed by atoms with Gasteiger partial charge in [-0.2, -0.15) is 4.31 Å². The molecule has 0 spiro atoms. The van der Waals surface area contributed by atoms with Gasteiger partial charge in [-0.15, -0.1) is 0 Å². The third kappa shape index (κ3) is 4.55. The van der Waals surface area contributed by atoms with Gasteiger partial charge in [-0.3, -0.25) is 4.79 Å². The SMILES string of the molecule is Cc1ccc(NC(=O)CN2CC(=O)Oc3ccccc32)cc1S(=O)(=O)N1CCOCC1. The summed E-state index contributed by atoms with van der Waals surface area (Å²) in [6.07, 6.45) is 0. The molecule has 1 N–H and O–H groups in total. The van der Waals surface area contributed by atoms with Crippen LogP contribution in [0.25, 0.3) is 0 Å². The summed E-state index contributed by atoms with van der Waals surface area (Å²) in [6, 6.07) is 11.8. The number of esters is 1. The molecule has 4 rings (SSSR count). The molecule has 2 aliphatic rings. The summed E-state index contributed by atoms with van der Waals surface area (Å²) in [4.78, 5) is 26.3. The van der Waals surface area contributed by atoms with Crippen molar-refractivity contribution < 1.29 is 27.5 Å². The smallest absolute Gasteiger partial charge is 0.331 e. The summed E-state index contributed by atoms with van der Waals surface area (Å²) in [5.41, 5.74) is 1.62. The first-order valence-corrected chi connectivity index (χ1v) is 11.3. The number of benzene rings is 2. The lowest BCUT2D eigenvalue weighted by atomic mass is 10.2. The van der Waals surface area contributed by atoms with Crippen LogP contribution >= 0.6 is 0 Å². The molecule has 1 amide bonds. The zero-order chi connectivity index (χ0) is 22.0. The van der Waals surface area contributed by atoms with Crippen molar-refractivity contribution in [3.8, 4) is 5.75 Å². The van der Waals surface area contributed by atoms with Gasteiger partial charge in [0.1, 0.15) is 6.54 Å². The second-order valence-electron chi connectivity index (χ2n) is 7.34. The average Bonchev–Trinajstić information content (AvgIpc) is 2.75. The monoisotopic (exact) mass is 445 g/mol. The van der Waals surface area contributed by atoms with Gasteiger partial charge in [0.25, 0.3) is 0 Å². The summed E-state index contributed by atoms with van der Waals surface area (Å²) in [6.45, 7) is 2.89. The highest BCUT2D eigenvalue weighted by atomic mass is 32.2. The maximum absolute atomic E-state index is 13.0. The number of rotatable bonds is 5. The standard InChI is InChI=1S/C21H23N3O6S/c1-15-6-7-16(12-19(15)31(27,28)24-8-10-29-11-9-24)22-20(25)13-23-14-21(26)30-18-5-3-2-4-17(18)23/h2-7,12H,8-11,13-14H2,1H3,(H,22,25). The van der Waals surface area contributed by atoms with Crippen molar-refractivity contribution in [1.29, 1.82) is 0 Å². The van der Waals surface area contributed by atoms with E-state index < -0.39 is 16.0 Å². The van der Waals surface area contributed by atoms with E-state index in [9.17, 15) is 18.0 Å². The van der Waals surface area contributed by atoms with Crippen molar-refractivity contribution in [1.82, 2.24) is 4.31 Å². The zero-order valence-electron chi connectivity index (χ0n) is 17.0. The number of amides is 1. The molecule has 0 bridgehead atoms. The van der Waals surface area contributed by atoms with Crippen molar-refractivity contribution in [3.05, 3.63) is 48.0 Å².